The summed E-state index contributed by atoms with van der Waals surface area (Å²) >= 11 is 0. The maximum Gasteiger partial charge on any atom is 0.305 e. The summed E-state index contributed by atoms with van der Waals surface area (Å²) in [6, 6.07) is 5.11. The zero-order valence-corrected chi connectivity index (χ0v) is 12.0. The molecule has 1 amide bonds. The Hall–Kier alpha value is -2.48. The highest BCUT2D eigenvalue weighted by Gasteiger charge is 2.38. The molecule has 1 aromatic carbocycles. The summed E-state index contributed by atoms with van der Waals surface area (Å²) in [4.78, 5) is 35.3. The molecule has 1 aliphatic heterocycles. The van der Waals surface area contributed by atoms with Crippen LogP contribution in [0.3, 0.4) is 0 Å². The van der Waals surface area contributed by atoms with Gasteiger partial charge in [0.15, 0.2) is 0 Å². The molecular weight excluding hydrogens is 292 g/mol. The number of aliphatic carboxylic acids is 1. The van der Waals surface area contributed by atoms with E-state index in [2.05, 4.69) is 0 Å². The minimum absolute atomic E-state index is 0.0420. The van der Waals surface area contributed by atoms with Gasteiger partial charge >= 0.3 is 5.97 Å². The molecule has 2 rings (SSSR count). The average Bonchev–Trinajstić information content (AvgIpc) is 2.88. The smallest absolute Gasteiger partial charge is 0.305 e. The Morgan fingerprint density at radius 1 is 1.45 bits per heavy atom. The van der Waals surface area contributed by atoms with Gasteiger partial charge in [0.25, 0.3) is 11.6 Å². The summed E-state index contributed by atoms with van der Waals surface area (Å²) in [6.45, 7) is 0.222. The van der Waals surface area contributed by atoms with Gasteiger partial charge in [-0.1, -0.05) is 12.1 Å². The monoisotopic (exact) mass is 308 g/mol. The molecule has 0 spiro atoms. The fourth-order valence-corrected chi connectivity index (χ4v) is 2.66. The van der Waals surface area contributed by atoms with Crippen molar-refractivity contribution in [3.63, 3.8) is 0 Å². The van der Waals surface area contributed by atoms with Gasteiger partial charge in [0, 0.05) is 25.8 Å². The van der Waals surface area contributed by atoms with Crippen LogP contribution in [0.1, 0.15) is 23.2 Å². The summed E-state index contributed by atoms with van der Waals surface area (Å²) in [6.07, 6.45) is -0.0856. The summed E-state index contributed by atoms with van der Waals surface area (Å²) in [5, 5.41) is 20.0. The van der Waals surface area contributed by atoms with Crippen molar-refractivity contribution in [2.45, 2.75) is 25.0 Å². The number of methoxy groups -OCH3 is 1. The van der Waals surface area contributed by atoms with E-state index in [4.69, 9.17) is 9.84 Å². The van der Waals surface area contributed by atoms with Crippen molar-refractivity contribution in [3.8, 4) is 0 Å². The second kappa shape index (κ2) is 6.52. The van der Waals surface area contributed by atoms with Crippen molar-refractivity contribution in [2.75, 3.05) is 13.7 Å². The molecule has 2 unspecified atom stereocenters. The van der Waals surface area contributed by atoms with Gasteiger partial charge in [-0.3, -0.25) is 19.7 Å². The number of likely N-dealkylation sites (tertiary alicyclic amines) is 1. The first-order valence-electron chi connectivity index (χ1n) is 6.73. The Morgan fingerprint density at radius 2 is 2.14 bits per heavy atom. The maximum atomic E-state index is 12.6. The third kappa shape index (κ3) is 3.22. The number of para-hydroxylation sites is 1. The summed E-state index contributed by atoms with van der Waals surface area (Å²) in [7, 11) is 1.49. The Labute approximate surface area is 126 Å². The molecule has 1 aliphatic rings. The molecule has 22 heavy (non-hydrogen) atoms. The molecular formula is C14H16N2O6. The number of carbonyl (C=O) groups excluding carboxylic acids is 1. The molecule has 0 saturated carbocycles. The highest BCUT2D eigenvalue weighted by molar-refractivity contribution is 5.98. The van der Waals surface area contributed by atoms with Gasteiger partial charge < -0.3 is 14.7 Å². The molecule has 0 bridgehead atoms. The summed E-state index contributed by atoms with van der Waals surface area (Å²) in [5.41, 5.74) is -0.331. The molecule has 1 N–H and O–H groups in total. The first-order chi connectivity index (χ1) is 10.4. The largest absolute Gasteiger partial charge is 0.481 e. The number of nitrogens with zero attached hydrogens (tertiary/aromatic N) is 2. The van der Waals surface area contributed by atoms with E-state index < -0.39 is 22.8 Å². The fourth-order valence-electron chi connectivity index (χ4n) is 2.66. The topological polar surface area (TPSA) is 110 Å². The minimum Gasteiger partial charge on any atom is -0.481 e. The molecule has 0 aliphatic carbocycles. The van der Waals surface area contributed by atoms with E-state index in [-0.39, 0.29) is 30.3 Å². The number of ether oxygens (including phenoxy) is 1. The van der Waals surface area contributed by atoms with Crippen molar-refractivity contribution >= 4 is 17.6 Å². The van der Waals surface area contributed by atoms with E-state index >= 15 is 0 Å². The predicted octanol–water partition coefficient (Wildman–Crippen LogP) is 1.30. The molecule has 1 heterocycles. The molecule has 1 fully saturated rings. The Kier molecular flexibility index (Phi) is 4.71. The van der Waals surface area contributed by atoms with Crippen molar-refractivity contribution in [2.24, 2.45) is 0 Å². The number of carbonyl (C=O) groups is 2. The molecule has 1 saturated heterocycles. The van der Waals surface area contributed by atoms with Crippen LogP contribution in [0.2, 0.25) is 0 Å². The van der Waals surface area contributed by atoms with Crippen molar-refractivity contribution in [1.29, 1.82) is 0 Å². The highest BCUT2D eigenvalue weighted by Crippen LogP contribution is 2.27. The SMILES string of the molecule is COC1CC(CC(=O)O)N(C(=O)c2ccccc2[N+](=O)[O-])C1. The molecule has 0 radical (unpaired) electrons. The van der Waals surface area contributed by atoms with Crippen molar-refractivity contribution in [1.82, 2.24) is 4.90 Å². The van der Waals surface area contributed by atoms with E-state index in [1.54, 1.807) is 0 Å². The Morgan fingerprint density at radius 3 is 2.73 bits per heavy atom. The number of carboxylic acid groups (broad SMARTS) is 1. The van der Waals surface area contributed by atoms with E-state index in [1.165, 1.54) is 36.3 Å². The van der Waals surface area contributed by atoms with Crippen LogP contribution in [0.5, 0.6) is 0 Å². The Balaban J connectivity index is 2.30. The van der Waals surface area contributed by atoms with E-state index in [0.29, 0.717) is 6.42 Å². The number of nitro groups is 1. The van der Waals surface area contributed by atoms with Gasteiger partial charge in [-0.2, -0.15) is 0 Å². The lowest BCUT2D eigenvalue weighted by atomic mass is 10.1. The van der Waals surface area contributed by atoms with E-state index in [1.807, 2.05) is 0 Å². The van der Waals surface area contributed by atoms with Crippen LogP contribution in [0.15, 0.2) is 24.3 Å². The zero-order chi connectivity index (χ0) is 16.3. The van der Waals surface area contributed by atoms with Crippen LogP contribution in [-0.2, 0) is 9.53 Å². The van der Waals surface area contributed by atoms with Gasteiger partial charge in [-0.15, -0.1) is 0 Å². The lowest BCUT2D eigenvalue weighted by Gasteiger charge is -2.23. The van der Waals surface area contributed by atoms with Crippen LogP contribution in [-0.4, -0.2) is 52.6 Å². The van der Waals surface area contributed by atoms with Gasteiger partial charge in [0.1, 0.15) is 5.56 Å². The fraction of sp³-hybridized carbons (Fsp3) is 0.429. The first-order valence-corrected chi connectivity index (χ1v) is 6.73. The number of hydrogen-bond acceptors (Lipinski definition) is 5. The average molecular weight is 308 g/mol. The van der Waals surface area contributed by atoms with Crippen molar-refractivity contribution < 1.29 is 24.4 Å². The van der Waals surface area contributed by atoms with E-state index in [0.717, 1.165) is 0 Å². The third-order valence-electron chi connectivity index (χ3n) is 3.71. The molecule has 8 heteroatoms. The van der Waals surface area contributed by atoms with Crippen LogP contribution in [0, 0.1) is 10.1 Å². The predicted molar refractivity (Wildman–Crippen MR) is 75.6 cm³/mol. The number of nitro benzene ring substituents is 1. The third-order valence-corrected chi connectivity index (χ3v) is 3.71. The van der Waals surface area contributed by atoms with E-state index in [9.17, 15) is 19.7 Å². The lowest BCUT2D eigenvalue weighted by Crippen LogP contribution is -2.37. The molecule has 0 aromatic heterocycles. The van der Waals surface area contributed by atoms with Crippen molar-refractivity contribution in [3.05, 3.63) is 39.9 Å². The minimum atomic E-state index is -1.03. The van der Waals surface area contributed by atoms with Crippen LogP contribution in [0.4, 0.5) is 5.69 Å². The summed E-state index contributed by atoms with van der Waals surface area (Å²) < 4.78 is 5.20. The quantitative estimate of drug-likeness (QED) is 0.648. The standard InChI is InChI=1S/C14H16N2O6/c1-22-10-6-9(7-13(17)18)15(8-10)14(19)11-4-2-3-5-12(11)16(20)21/h2-5,9-10H,6-8H2,1H3,(H,17,18). The Bertz CT molecular complexity index is 603. The van der Waals surface area contributed by atoms with Gasteiger partial charge in [0.05, 0.1) is 17.4 Å². The normalized spacial score (nSPS) is 20.9. The number of rotatable bonds is 5. The second-order valence-electron chi connectivity index (χ2n) is 5.08. The van der Waals surface area contributed by atoms with Crippen LogP contribution >= 0.6 is 0 Å². The number of hydrogen-bond donors (Lipinski definition) is 1. The molecule has 8 nitrogen and oxygen atoms in total. The maximum absolute atomic E-state index is 12.6. The number of carboxylic acids is 1. The molecule has 1 aromatic rings. The highest BCUT2D eigenvalue weighted by atomic mass is 16.6. The van der Waals surface area contributed by atoms with Gasteiger partial charge in [0.2, 0.25) is 0 Å². The van der Waals surface area contributed by atoms with Gasteiger partial charge in [-0.05, 0) is 12.5 Å². The van der Waals surface area contributed by atoms with Gasteiger partial charge in [-0.25, -0.2) is 0 Å². The van der Waals surface area contributed by atoms with Crippen LogP contribution < -0.4 is 0 Å². The second-order valence-corrected chi connectivity index (χ2v) is 5.08. The van der Waals surface area contributed by atoms with Crippen LogP contribution in [0.25, 0.3) is 0 Å². The summed E-state index contributed by atoms with van der Waals surface area (Å²) in [5.74, 6) is -1.57. The molecule has 118 valence electrons. The number of amides is 1. The lowest BCUT2D eigenvalue weighted by molar-refractivity contribution is -0.385. The molecule has 2 atom stereocenters. The zero-order valence-electron chi connectivity index (χ0n) is 12.0. The first kappa shape index (κ1) is 15.9. The number of benzene rings is 1.